The van der Waals surface area contributed by atoms with Crippen LogP contribution in [0.1, 0.15) is 11.1 Å². The second-order valence-corrected chi connectivity index (χ2v) is 7.21. The van der Waals surface area contributed by atoms with Gasteiger partial charge in [0, 0.05) is 42.6 Å². The predicted octanol–water partition coefficient (Wildman–Crippen LogP) is 5.19. The summed E-state index contributed by atoms with van der Waals surface area (Å²) in [4.78, 5) is 3.95. The number of halogens is 4. The fourth-order valence-electron chi connectivity index (χ4n) is 2.92. The number of nitrogens with zero attached hydrogens (tertiary/aromatic N) is 2. The van der Waals surface area contributed by atoms with Crippen LogP contribution in [0.15, 0.2) is 42.5 Å². The number of benzene rings is 2. The second-order valence-electron chi connectivity index (χ2n) is 6.42. The Morgan fingerprint density at radius 1 is 1.07 bits per heavy atom. The van der Waals surface area contributed by atoms with E-state index in [0.29, 0.717) is 42.0 Å². The normalized spacial score (nSPS) is 15.0. The van der Waals surface area contributed by atoms with Crippen LogP contribution >= 0.6 is 23.8 Å². The van der Waals surface area contributed by atoms with Gasteiger partial charge in [-0.05, 0) is 55.0 Å². The van der Waals surface area contributed by atoms with Crippen molar-refractivity contribution in [2.24, 2.45) is 0 Å². The first-order valence-electron chi connectivity index (χ1n) is 8.48. The van der Waals surface area contributed by atoms with Crippen LogP contribution in [0.2, 0.25) is 5.02 Å². The first-order valence-corrected chi connectivity index (χ1v) is 9.27. The second kappa shape index (κ2) is 7.94. The van der Waals surface area contributed by atoms with Gasteiger partial charge in [0.25, 0.3) is 0 Å². The van der Waals surface area contributed by atoms with Crippen LogP contribution in [0, 0.1) is 6.92 Å². The summed E-state index contributed by atoms with van der Waals surface area (Å²) >= 11 is 11.6. The quantitative estimate of drug-likeness (QED) is 0.683. The lowest BCUT2D eigenvalue weighted by Crippen LogP contribution is -2.50. The molecular weight excluding hydrogens is 395 g/mol. The Labute approximate surface area is 166 Å². The summed E-state index contributed by atoms with van der Waals surface area (Å²) in [5, 5.41) is 4.42. The van der Waals surface area contributed by atoms with E-state index in [1.807, 2.05) is 34.9 Å². The zero-order valence-electron chi connectivity index (χ0n) is 14.7. The Bertz CT molecular complexity index is 833. The van der Waals surface area contributed by atoms with Crippen molar-refractivity contribution >= 4 is 40.3 Å². The van der Waals surface area contributed by atoms with Crippen molar-refractivity contribution in [3.8, 4) is 0 Å². The summed E-state index contributed by atoms with van der Waals surface area (Å²) < 4.78 is 38.7. The molecule has 0 aliphatic carbocycles. The number of alkyl halides is 3. The van der Waals surface area contributed by atoms with Gasteiger partial charge < -0.3 is 15.1 Å². The van der Waals surface area contributed by atoms with E-state index in [1.165, 1.54) is 12.1 Å². The summed E-state index contributed by atoms with van der Waals surface area (Å²) in [6.45, 7) is 4.37. The van der Waals surface area contributed by atoms with Crippen molar-refractivity contribution in [1.82, 2.24) is 4.90 Å². The summed E-state index contributed by atoms with van der Waals surface area (Å²) in [6, 6.07) is 11.1. The number of hydrogen-bond donors (Lipinski definition) is 1. The van der Waals surface area contributed by atoms with Gasteiger partial charge >= 0.3 is 6.18 Å². The third-order valence-electron chi connectivity index (χ3n) is 4.53. The standard InChI is InChI=1S/C19H19ClF3N3S/c1-13-5-6-15(12-17(13)20)24-18(27)26-9-7-25(8-10-26)16-4-2-3-14(11-16)19(21,22)23/h2-6,11-12H,7-10H2,1H3,(H,24,27). The molecule has 0 bridgehead atoms. The number of rotatable bonds is 2. The van der Waals surface area contributed by atoms with Crippen LogP contribution in [0.4, 0.5) is 24.5 Å². The molecule has 2 aromatic rings. The highest BCUT2D eigenvalue weighted by molar-refractivity contribution is 7.80. The molecule has 1 aliphatic heterocycles. The van der Waals surface area contributed by atoms with Crippen molar-refractivity contribution in [3.63, 3.8) is 0 Å². The van der Waals surface area contributed by atoms with Gasteiger partial charge in [-0.3, -0.25) is 0 Å². The third-order valence-corrected chi connectivity index (χ3v) is 5.30. The molecule has 1 heterocycles. The molecule has 1 N–H and O–H groups in total. The van der Waals surface area contributed by atoms with E-state index >= 15 is 0 Å². The summed E-state index contributed by atoms with van der Waals surface area (Å²) in [7, 11) is 0. The summed E-state index contributed by atoms with van der Waals surface area (Å²) in [6.07, 6.45) is -4.33. The highest BCUT2D eigenvalue weighted by atomic mass is 35.5. The maximum absolute atomic E-state index is 12.9. The average Bonchev–Trinajstić information content (AvgIpc) is 2.64. The fraction of sp³-hybridized carbons (Fsp3) is 0.316. The number of aryl methyl sites for hydroxylation is 1. The number of anilines is 2. The Morgan fingerprint density at radius 3 is 2.41 bits per heavy atom. The van der Waals surface area contributed by atoms with Crippen LogP contribution in [0.25, 0.3) is 0 Å². The molecule has 0 aromatic heterocycles. The molecular formula is C19H19ClF3N3S. The Morgan fingerprint density at radius 2 is 1.78 bits per heavy atom. The first-order chi connectivity index (χ1) is 12.7. The molecule has 3 rings (SSSR count). The largest absolute Gasteiger partial charge is 0.416 e. The van der Waals surface area contributed by atoms with Gasteiger partial charge in [0.1, 0.15) is 0 Å². The van der Waals surface area contributed by atoms with E-state index < -0.39 is 11.7 Å². The van der Waals surface area contributed by atoms with E-state index in [4.69, 9.17) is 23.8 Å². The maximum Gasteiger partial charge on any atom is 0.416 e. The van der Waals surface area contributed by atoms with Gasteiger partial charge in [-0.15, -0.1) is 0 Å². The molecule has 0 radical (unpaired) electrons. The molecule has 2 aromatic carbocycles. The van der Waals surface area contributed by atoms with Gasteiger partial charge in [0.15, 0.2) is 5.11 Å². The maximum atomic E-state index is 12.9. The highest BCUT2D eigenvalue weighted by Gasteiger charge is 2.31. The Balaban J connectivity index is 1.60. The van der Waals surface area contributed by atoms with Crippen LogP contribution < -0.4 is 10.2 Å². The molecule has 1 fully saturated rings. The molecule has 1 aliphatic rings. The summed E-state index contributed by atoms with van der Waals surface area (Å²) in [5.41, 5.74) is 1.75. The molecule has 27 heavy (non-hydrogen) atoms. The fourth-order valence-corrected chi connectivity index (χ4v) is 3.40. The molecule has 0 atom stereocenters. The van der Waals surface area contributed by atoms with Gasteiger partial charge in [0.05, 0.1) is 5.56 Å². The van der Waals surface area contributed by atoms with Crippen molar-refractivity contribution in [1.29, 1.82) is 0 Å². The minimum atomic E-state index is -4.33. The van der Waals surface area contributed by atoms with E-state index in [-0.39, 0.29) is 0 Å². The molecule has 144 valence electrons. The topological polar surface area (TPSA) is 18.5 Å². The summed E-state index contributed by atoms with van der Waals surface area (Å²) in [5.74, 6) is 0. The molecule has 8 heteroatoms. The lowest BCUT2D eigenvalue weighted by atomic mass is 10.1. The van der Waals surface area contributed by atoms with Crippen LogP contribution in [-0.4, -0.2) is 36.2 Å². The monoisotopic (exact) mass is 413 g/mol. The molecule has 0 amide bonds. The smallest absolute Gasteiger partial charge is 0.368 e. The minimum Gasteiger partial charge on any atom is -0.368 e. The number of piperazine rings is 1. The molecule has 0 unspecified atom stereocenters. The van der Waals surface area contributed by atoms with Crippen molar-refractivity contribution in [2.75, 3.05) is 36.4 Å². The third kappa shape index (κ3) is 4.84. The van der Waals surface area contributed by atoms with E-state index in [0.717, 1.165) is 17.3 Å². The first kappa shape index (κ1) is 19.8. The Hall–Kier alpha value is -1.99. The lowest BCUT2D eigenvalue weighted by Gasteiger charge is -2.37. The van der Waals surface area contributed by atoms with Crippen LogP contribution in [0.5, 0.6) is 0 Å². The van der Waals surface area contributed by atoms with Crippen molar-refractivity contribution in [2.45, 2.75) is 13.1 Å². The molecule has 0 saturated carbocycles. The Kier molecular flexibility index (Phi) is 5.81. The van der Waals surface area contributed by atoms with Crippen molar-refractivity contribution < 1.29 is 13.2 Å². The number of nitrogens with one attached hydrogen (secondary N) is 1. The zero-order chi connectivity index (χ0) is 19.6. The van der Waals surface area contributed by atoms with E-state index in [2.05, 4.69) is 5.32 Å². The lowest BCUT2D eigenvalue weighted by molar-refractivity contribution is -0.137. The predicted molar refractivity (Wildman–Crippen MR) is 108 cm³/mol. The number of hydrogen-bond acceptors (Lipinski definition) is 2. The highest BCUT2D eigenvalue weighted by Crippen LogP contribution is 2.32. The van der Waals surface area contributed by atoms with Gasteiger partial charge in [-0.25, -0.2) is 0 Å². The minimum absolute atomic E-state index is 0.577. The molecule has 3 nitrogen and oxygen atoms in total. The van der Waals surface area contributed by atoms with Gasteiger partial charge in [-0.1, -0.05) is 23.7 Å². The van der Waals surface area contributed by atoms with E-state index in [1.54, 1.807) is 6.07 Å². The zero-order valence-corrected chi connectivity index (χ0v) is 16.3. The average molecular weight is 414 g/mol. The van der Waals surface area contributed by atoms with Crippen LogP contribution in [0.3, 0.4) is 0 Å². The van der Waals surface area contributed by atoms with E-state index in [9.17, 15) is 13.2 Å². The van der Waals surface area contributed by atoms with Crippen molar-refractivity contribution in [3.05, 3.63) is 58.6 Å². The molecule has 0 spiro atoms. The SMILES string of the molecule is Cc1ccc(NC(=S)N2CCN(c3cccc(C(F)(F)F)c3)CC2)cc1Cl. The van der Waals surface area contributed by atoms with Crippen LogP contribution in [-0.2, 0) is 6.18 Å². The van der Waals surface area contributed by atoms with Gasteiger partial charge in [-0.2, -0.15) is 13.2 Å². The number of thiocarbonyl (C=S) groups is 1. The van der Waals surface area contributed by atoms with Gasteiger partial charge in [0.2, 0.25) is 0 Å². The molecule has 1 saturated heterocycles.